The highest BCUT2D eigenvalue weighted by Crippen LogP contribution is 2.40. The van der Waals surface area contributed by atoms with Crippen LogP contribution < -0.4 is 0 Å². The number of hydrogen-bond donors (Lipinski definition) is 0. The number of esters is 4. The number of ether oxygens (including phenoxy) is 5. The maximum absolute atomic E-state index is 11.9. The van der Waals surface area contributed by atoms with Crippen LogP contribution in [0.4, 0.5) is 0 Å². The van der Waals surface area contributed by atoms with Gasteiger partial charge >= 0.3 is 23.9 Å². The van der Waals surface area contributed by atoms with E-state index in [9.17, 15) is 19.2 Å². The molecule has 5 atom stereocenters. The van der Waals surface area contributed by atoms with Gasteiger partial charge in [-0.05, 0) is 12.1 Å². The van der Waals surface area contributed by atoms with Crippen molar-refractivity contribution in [3.63, 3.8) is 0 Å². The molecule has 0 bridgehead atoms. The molecule has 10 nitrogen and oxygen atoms in total. The van der Waals surface area contributed by atoms with Crippen LogP contribution in [0.25, 0.3) is 10.2 Å². The van der Waals surface area contributed by atoms with Crippen molar-refractivity contribution < 1.29 is 42.9 Å². The van der Waals surface area contributed by atoms with Crippen LogP contribution in [-0.4, -0.2) is 65.3 Å². The maximum atomic E-state index is 11.9. The number of carbonyl (C=O) groups excluding carboxylic acids is 4. The van der Waals surface area contributed by atoms with Crippen LogP contribution in [-0.2, 0) is 42.9 Å². The highest BCUT2D eigenvalue weighted by Gasteiger charge is 2.52. The van der Waals surface area contributed by atoms with Crippen molar-refractivity contribution in [2.24, 2.45) is 0 Å². The summed E-state index contributed by atoms with van der Waals surface area (Å²) in [6, 6.07) is 7.54. The van der Waals surface area contributed by atoms with Crippen molar-refractivity contribution >= 4 is 57.2 Å². The smallest absolute Gasteiger partial charge is 0.303 e. The number of thioether (sulfide) groups is 1. The van der Waals surface area contributed by atoms with E-state index in [1.165, 1.54) is 50.8 Å². The Kier molecular flexibility index (Phi) is 8.27. The van der Waals surface area contributed by atoms with Gasteiger partial charge in [0.25, 0.3) is 0 Å². The summed E-state index contributed by atoms with van der Waals surface area (Å²) in [5, 5.41) is 0. The molecule has 12 heteroatoms. The molecule has 2 aromatic rings. The first kappa shape index (κ1) is 24.9. The summed E-state index contributed by atoms with van der Waals surface area (Å²) in [5.74, 6) is -2.56. The lowest BCUT2D eigenvalue weighted by molar-refractivity contribution is -0.237. The fraction of sp³-hybridized carbons (Fsp3) is 0.476. The largest absolute Gasteiger partial charge is 0.463 e. The second-order valence-corrected chi connectivity index (χ2v) is 9.51. The summed E-state index contributed by atoms with van der Waals surface area (Å²) in [6.07, 6.45) is -4.49. The zero-order valence-electron chi connectivity index (χ0n) is 18.3. The summed E-state index contributed by atoms with van der Waals surface area (Å²) >= 11 is 2.58. The second kappa shape index (κ2) is 10.9. The summed E-state index contributed by atoms with van der Waals surface area (Å²) in [6.45, 7) is 4.52. The van der Waals surface area contributed by atoms with E-state index >= 15 is 0 Å². The lowest BCUT2D eigenvalue weighted by Crippen LogP contribution is -2.61. The minimum atomic E-state index is -1.20. The van der Waals surface area contributed by atoms with E-state index in [2.05, 4.69) is 4.98 Å². The summed E-state index contributed by atoms with van der Waals surface area (Å²) < 4.78 is 29.0. The fourth-order valence-corrected chi connectivity index (χ4v) is 5.62. The van der Waals surface area contributed by atoms with Crippen LogP contribution in [0.3, 0.4) is 0 Å². The Balaban J connectivity index is 1.98. The van der Waals surface area contributed by atoms with Crippen molar-refractivity contribution in [1.82, 2.24) is 4.98 Å². The van der Waals surface area contributed by atoms with Crippen molar-refractivity contribution in [3.05, 3.63) is 24.3 Å². The molecule has 1 aromatic heterocycles. The standard InChI is InChI=1S/C21H23NO9S2/c1-10(23)27-9-15-17(28-11(2)24)18(29-12(3)25)19(30-13(4)26)20(31-15)33-21-22-14-7-5-6-8-16(14)32-21/h5-8,15,17-20H,9H2,1-4H3. The molecule has 1 aromatic carbocycles. The van der Waals surface area contributed by atoms with E-state index in [1.807, 2.05) is 24.3 Å². The Labute approximate surface area is 197 Å². The first-order valence-electron chi connectivity index (χ1n) is 9.96. The van der Waals surface area contributed by atoms with Gasteiger partial charge in [0.1, 0.15) is 12.7 Å². The molecule has 1 fully saturated rings. The van der Waals surface area contributed by atoms with Crippen molar-refractivity contribution in [2.75, 3.05) is 6.61 Å². The number of carbonyl (C=O) groups is 4. The summed E-state index contributed by atoms with van der Waals surface area (Å²) in [5.41, 5.74) is -0.109. The Bertz CT molecular complexity index is 1010. The number of benzene rings is 1. The highest BCUT2D eigenvalue weighted by atomic mass is 32.2. The van der Waals surface area contributed by atoms with E-state index < -0.39 is 53.7 Å². The number of nitrogens with zero attached hydrogens (tertiary/aromatic N) is 1. The zero-order chi connectivity index (χ0) is 24.1. The van der Waals surface area contributed by atoms with E-state index in [4.69, 9.17) is 23.7 Å². The Morgan fingerprint density at radius 3 is 2.12 bits per heavy atom. The number of hydrogen-bond acceptors (Lipinski definition) is 12. The third kappa shape index (κ3) is 6.65. The van der Waals surface area contributed by atoms with E-state index in [0.717, 1.165) is 10.2 Å². The number of rotatable bonds is 7. The highest BCUT2D eigenvalue weighted by molar-refractivity contribution is 8.01. The van der Waals surface area contributed by atoms with Crippen molar-refractivity contribution in [2.45, 2.75) is 61.9 Å². The maximum Gasteiger partial charge on any atom is 0.303 e. The van der Waals surface area contributed by atoms with E-state index in [0.29, 0.717) is 4.34 Å². The molecule has 0 saturated carbocycles. The number of fused-ring (bicyclic) bond motifs is 1. The van der Waals surface area contributed by atoms with Gasteiger partial charge < -0.3 is 23.7 Å². The topological polar surface area (TPSA) is 127 Å². The first-order valence-corrected chi connectivity index (χ1v) is 11.7. The van der Waals surface area contributed by atoms with Gasteiger partial charge in [0.2, 0.25) is 0 Å². The van der Waals surface area contributed by atoms with Crippen molar-refractivity contribution in [3.8, 4) is 0 Å². The van der Waals surface area contributed by atoms with Gasteiger partial charge in [-0.3, -0.25) is 19.2 Å². The average Bonchev–Trinajstić information content (AvgIpc) is 3.12. The Morgan fingerprint density at radius 2 is 1.52 bits per heavy atom. The predicted octanol–water partition coefficient (Wildman–Crippen LogP) is 2.47. The molecule has 0 spiro atoms. The van der Waals surface area contributed by atoms with Gasteiger partial charge in [-0.25, -0.2) is 4.98 Å². The summed E-state index contributed by atoms with van der Waals surface area (Å²) in [7, 11) is 0. The summed E-state index contributed by atoms with van der Waals surface area (Å²) in [4.78, 5) is 51.5. The van der Waals surface area contributed by atoms with Crippen LogP contribution in [0.1, 0.15) is 27.7 Å². The minimum absolute atomic E-state index is 0.269. The Morgan fingerprint density at radius 1 is 0.909 bits per heavy atom. The predicted molar refractivity (Wildman–Crippen MR) is 117 cm³/mol. The normalized spacial score (nSPS) is 24.7. The molecule has 2 heterocycles. The second-order valence-electron chi connectivity index (χ2n) is 7.13. The van der Waals surface area contributed by atoms with Gasteiger partial charge in [0.05, 0.1) is 10.2 Å². The van der Waals surface area contributed by atoms with Gasteiger partial charge in [0, 0.05) is 27.7 Å². The molecule has 0 N–H and O–H groups in total. The monoisotopic (exact) mass is 497 g/mol. The molecule has 5 unspecified atom stereocenters. The van der Waals surface area contributed by atoms with Gasteiger partial charge in [-0.1, -0.05) is 23.9 Å². The fourth-order valence-electron chi connectivity index (χ4n) is 3.28. The molecular formula is C21H23NO9S2. The number of thiazole rings is 1. The molecular weight excluding hydrogens is 474 g/mol. The molecule has 178 valence electrons. The zero-order valence-corrected chi connectivity index (χ0v) is 20.0. The van der Waals surface area contributed by atoms with Crippen LogP contribution in [0.2, 0.25) is 0 Å². The molecule has 0 radical (unpaired) electrons. The first-order chi connectivity index (χ1) is 15.6. The lowest BCUT2D eigenvalue weighted by atomic mass is 9.99. The third-order valence-corrected chi connectivity index (χ3v) is 6.71. The molecule has 3 rings (SSSR count). The molecule has 1 aliphatic heterocycles. The van der Waals surface area contributed by atoms with Crippen LogP contribution in [0.5, 0.6) is 0 Å². The quantitative estimate of drug-likeness (QED) is 0.413. The molecule has 0 amide bonds. The van der Waals surface area contributed by atoms with Crippen LogP contribution >= 0.6 is 23.1 Å². The molecule has 1 aliphatic rings. The minimum Gasteiger partial charge on any atom is -0.463 e. The number of aromatic nitrogens is 1. The molecule has 1 saturated heterocycles. The van der Waals surface area contributed by atoms with Crippen LogP contribution in [0.15, 0.2) is 28.6 Å². The van der Waals surface area contributed by atoms with E-state index in [1.54, 1.807) is 0 Å². The number of para-hydroxylation sites is 1. The van der Waals surface area contributed by atoms with Crippen molar-refractivity contribution in [1.29, 1.82) is 0 Å². The van der Waals surface area contributed by atoms with Crippen LogP contribution in [0, 0.1) is 0 Å². The third-order valence-electron chi connectivity index (χ3n) is 4.44. The van der Waals surface area contributed by atoms with E-state index in [-0.39, 0.29) is 6.61 Å². The van der Waals surface area contributed by atoms with Gasteiger partial charge in [-0.2, -0.15) is 0 Å². The molecule has 33 heavy (non-hydrogen) atoms. The van der Waals surface area contributed by atoms with Gasteiger partial charge in [0.15, 0.2) is 28.1 Å². The molecule has 0 aliphatic carbocycles. The lowest BCUT2D eigenvalue weighted by Gasteiger charge is -2.43. The average molecular weight is 498 g/mol. The Hall–Kier alpha value is -2.70. The SMILES string of the molecule is CC(=O)OCC1OC(Sc2nc3ccccc3s2)C(OC(C)=O)C(OC(C)=O)C1OC(C)=O. The van der Waals surface area contributed by atoms with Gasteiger partial charge in [-0.15, -0.1) is 11.3 Å².